The van der Waals surface area contributed by atoms with E-state index in [9.17, 15) is 8.78 Å². The summed E-state index contributed by atoms with van der Waals surface area (Å²) in [5, 5.41) is 3.25. The number of rotatable bonds is 9. The molecule has 124 valence electrons. The van der Waals surface area contributed by atoms with Crippen molar-refractivity contribution in [3.63, 3.8) is 0 Å². The first-order valence-electron chi connectivity index (χ1n) is 7.88. The van der Waals surface area contributed by atoms with Crippen molar-refractivity contribution in [3.8, 4) is 0 Å². The summed E-state index contributed by atoms with van der Waals surface area (Å²) in [5.41, 5.74) is 2.26. The van der Waals surface area contributed by atoms with E-state index in [-0.39, 0.29) is 11.9 Å². The Hall–Kier alpha value is -1.39. The SMILES string of the molecule is CSc1ccc(CCCNC(CF)Cc2ccc(F)cc2)cc1. The number of nitrogens with one attached hydrogen (secondary N) is 1. The number of benzene rings is 2. The summed E-state index contributed by atoms with van der Waals surface area (Å²) in [6.07, 6.45) is 4.60. The Morgan fingerprint density at radius 1 is 1.00 bits per heavy atom. The second-order valence-corrected chi connectivity index (χ2v) is 6.47. The summed E-state index contributed by atoms with van der Waals surface area (Å²) in [4.78, 5) is 1.27. The van der Waals surface area contributed by atoms with Gasteiger partial charge in [-0.15, -0.1) is 11.8 Å². The van der Waals surface area contributed by atoms with Crippen LogP contribution in [0, 0.1) is 5.82 Å². The summed E-state index contributed by atoms with van der Waals surface area (Å²) in [7, 11) is 0. The van der Waals surface area contributed by atoms with Gasteiger partial charge in [-0.1, -0.05) is 24.3 Å². The predicted octanol–water partition coefficient (Wildman–Crippen LogP) is 4.65. The Labute approximate surface area is 141 Å². The van der Waals surface area contributed by atoms with Gasteiger partial charge in [0.1, 0.15) is 12.5 Å². The molecule has 23 heavy (non-hydrogen) atoms. The molecule has 0 saturated carbocycles. The normalized spacial score (nSPS) is 12.3. The first-order chi connectivity index (χ1) is 11.2. The fourth-order valence-corrected chi connectivity index (χ4v) is 2.89. The molecule has 4 heteroatoms. The van der Waals surface area contributed by atoms with Crippen molar-refractivity contribution in [2.75, 3.05) is 19.5 Å². The molecule has 1 atom stereocenters. The molecule has 0 spiro atoms. The number of hydrogen-bond donors (Lipinski definition) is 1. The molecule has 0 heterocycles. The molecule has 2 rings (SSSR count). The van der Waals surface area contributed by atoms with Gasteiger partial charge in [0.05, 0.1) is 0 Å². The maximum absolute atomic E-state index is 13.1. The maximum Gasteiger partial charge on any atom is 0.123 e. The third-order valence-electron chi connectivity index (χ3n) is 3.82. The predicted molar refractivity (Wildman–Crippen MR) is 94.4 cm³/mol. The summed E-state index contributed by atoms with van der Waals surface area (Å²) < 4.78 is 26.0. The van der Waals surface area contributed by atoms with Gasteiger partial charge >= 0.3 is 0 Å². The lowest BCUT2D eigenvalue weighted by atomic mass is 10.1. The zero-order valence-corrected chi connectivity index (χ0v) is 14.2. The van der Waals surface area contributed by atoms with Gasteiger partial charge < -0.3 is 5.32 Å². The fourth-order valence-electron chi connectivity index (χ4n) is 2.48. The van der Waals surface area contributed by atoms with Crippen LogP contribution in [0.15, 0.2) is 53.4 Å². The first kappa shape index (κ1) is 18.0. The highest BCUT2D eigenvalue weighted by atomic mass is 32.2. The number of aryl methyl sites for hydroxylation is 1. The van der Waals surface area contributed by atoms with Gasteiger partial charge in [-0.05, 0) is 67.5 Å². The highest BCUT2D eigenvalue weighted by molar-refractivity contribution is 7.98. The lowest BCUT2D eigenvalue weighted by Gasteiger charge is -2.15. The second-order valence-electron chi connectivity index (χ2n) is 5.59. The minimum atomic E-state index is -0.417. The quantitative estimate of drug-likeness (QED) is 0.529. The Morgan fingerprint density at radius 3 is 2.26 bits per heavy atom. The molecule has 0 saturated heterocycles. The number of hydrogen-bond acceptors (Lipinski definition) is 2. The fraction of sp³-hybridized carbons (Fsp3) is 0.368. The van der Waals surface area contributed by atoms with Gasteiger partial charge in [-0.3, -0.25) is 0 Å². The van der Waals surface area contributed by atoms with Crippen molar-refractivity contribution >= 4 is 11.8 Å². The van der Waals surface area contributed by atoms with E-state index < -0.39 is 6.67 Å². The van der Waals surface area contributed by atoms with Crippen molar-refractivity contribution in [3.05, 3.63) is 65.5 Å². The van der Waals surface area contributed by atoms with E-state index in [1.807, 2.05) is 0 Å². The van der Waals surface area contributed by atoms with Crippen molar-refractivity contribution in [2.24, 2.45) is 0 Å². The Bertz CT molecular complexity index is 569. The smallest absolute Gasteiger partial charge is 0.123 e. The van der Waals surface area contributed by atoms with Gasteiger partial charge in [0, 0.05) is 10.9 Å². The van der Waals surface area contributed by atoms with Crippen LogP contribution >= 0.6 is 11.8 Å². The summed E-state index contributed by atoms with van der Waals surface area (Å²) in [6, 6.07) is 14.6. The van der Waals surface area contributed by atoms with Gasteiger partial charge in [0.15, 0.2) is 0 Å². The average molecular weight is 335 g/mol. The molecule has 1 unspecified atom stereocenters. The van der Waals surface area contributed by atoms with Crippen molar-refractivity contribution < 1.29 is 8.78 Å². The van der Waals surface area contributed by atoms with Gasteiger partial charge in [0.2, 0.25) is 0 Å². The van der Waals surface area contributed by atoms with Crippen LogP contribution in [0.25, 0.3) is 0 Å². The second kappa shape index (κ2) is 9.68. The molecule has 0 aromatic heterocycles. The number of thioether (sulfide) groups is 1. The molecule has 0 radical (unpaired) electrons. The first-order valence-corrected chi connectivity index (χ1v) is 9.10. The Balaban J connectivity index is 1.71. The molecule has 0 fully saturated rings. The molecule has 2 aromatic rings. The minimum absolute atomic E-state index is 0.209. The largest absolute Gasteiger partial charge is 0.311 e. The van der Waals surface area contributed by atoms with Crippen LogP contribution in [0.5, 0.6) is 0 Å². The molecule has 0 aliphatic rings. The third kappa shape index (κ3) is 6.32. The van der Waals surface area contributed by atoms with E-state index in [0.717, 1.165) is 24.9 Å². The average Bonchev–Trinajstić information content (AvgIpc) is 2.60. The minimum Gasteiger partial charge on any atom is -0.311 e. The van der Waals surface area contributed by atoms with Crippen LogP contribution in [0.4, 0.5) is 8.78 Å². The topological polar surface area (TPSA) is 12.0 Å². The molecule has 0 aliphatic carbocycles. The third-order valence-corrected chi connectivity index (χ3v) is 4.56. The van der Waals surface area contributed by atoms with Gasteiger partial charge in [-0.25, -0.2) is 8.78 Å². The van der Waals surface area contributed by atoms with Gasteiger partial charge in [0.25, 0.3) is 0 Å². The molecular formula is C19H23F2NS. The molecule has 1 nitrogen and oxygen atoms in total. The molecule has 2 aromatic carbocycles. The summed E-state index contributed by atoms with van der Waals surface area (Å²) >= 11 is 1.74. The standard InChI is InChI=1S/C19H23F2NS/c1-23-19-10-6-15(7-11-19)3-2-12-22-18(14-20)13-16-4-8-17(21)9-5-16/h4-11,18,22H,2-3,12-14H2,1H3. The molecular weight excluding hydrogens is 312 g/mol. The van der Waals surface area contributed by atoms with E-state index in [2.05, 4.69) is 35.8 Å². The lowest BCUT2D eigenvalue weighted by Crippen LogP contribution is -2.34. The summed E-state index contributed by atoms with van der Waals surface area (Å²) in [5.74, 6) is -0.258. The van der Waals surface area contributed by atoms with Crippen molar-refractivity contribution in [1.29, 1.82) is 0 Å². The molecule has 0 amide bonds. The Kier molecular flexibility index (Phi) is 7.56. The zero-order valence-electron chi connectivity index (χ0n) is 13.4. The van der Waals surface area contributed by atoms with Crippen molar-refractivity contribution in [2.45, 2.75) is 30.2 Å². The number of halogens is 2. The van der Waals surface area contributed by atoms with Gasteiger partial charge in [-0.2, -0.15) is 0 Å². The highest BCUT2D eigenvalue weighted by Gasteiger charge is 2.08. The van der Waals surface area contributed by atoms with Crippen LogP contribution < -0.4 is 5.32 Å². The summed E-state index contributed by atoms with van der Waals surface area (Å²) in [6.45, 7) is 0.361. The zero-order chi connectivity index (χ0) is 16.5. The van der Waals surface area contributed by atoms with E-state index in [0.29, 0.717) is 6.42 Å². The molecule has 0 aliphatic heterocycles. The van der Waals surface area contributed by atoms with Crippen LogP contribution in [-0.2, 0) is 12.8 Å². The van der Waals surface area contributed by atoms with Crippen LogP contribution in [-0.4, -0.2) is 25.5 Å². The van der Waals surface area contributed by atoms with E-state index >= 15 is 0 Å². The van der Waals surface area contributed by atoms with Crippen LogP contribution in [0.1, 0.15) is 17.5 Å². The maximum atomic E-state index is 13.1. The highest BCUT2D eigenvalue weighted by Crippen LogP contribution is 2.15. The van der Waals surface area contributed by atoms with Crippen molar-refractivity contribution in [1.82, 2.24) is 5.32 Å². The van der Waals surface area contributed by atoms with E-state index in [1.165, 1.54) is 22.6 Å². The number of alkyl halides is 1. The Morgan fingerprint density at radius 2 is 1.65 bits per heavy atom. The van der Waals surface area contributed by atoms with Crippen LogP contribution in [0.3, 0.4) is 0 Å². The molecule has 0 bridgehead atoms. The lowest BCUT2D eigenvalue weighted by molar-refractivity contribution is 0.371. The van der Waals surface area contributed by atoms with E-state index in [4.69, 9.17) is 0 Å². The molecule has 1 N–H and O–H groups in total. The monoisotopic (exact) mass is 335 g/mol. The van der Waals surface area contributed by atoms with E-state index in [1.54, 1.807) is 23.9 Å². The van der Waals surface area contributed by atoms with Crippen LogP contribution in [0.2, 0.25) is 0 Å².